The van der Waals surface area contributed by atoms with Gasteiger partial charge in [0.05, 0.1) is 6.61 Å². The van der Waals surface area contributed by atoms with E-state index in [1.807, 2.05) is 0 Å². The number of benzene rings is 1. The average Bonchev–Trinajstić information content (AvgIpc) is 2.94. The number of nitrogens with zero attached hydrogens (tertiary/aromatic N) is 1. The Balaban J connectivity index is 2.02. The molecule has 1 aromatic rings. The quantitative estimate of drug-likeness (QED) is 0.809. The van der Waals surface area contributed by atoms with E-state index in [0.717, 1.165) is 13.0 Å². The van der Waals surface area contributed by atoms with Crippen LogP contribution in [0.3, 0.4) is 0 Å². The van der Waals surface area contributed by atoms with Gasteiger partial charge < -0.3 is 15.3 Å². The molecule has 100 valence electrons. The molecule has 1 aliphatic rings. The number of hydrogen-bond donors (Lipinski definition) is 2. The summed E-state index contributed by atoms with van der Waals surface area (Å²) in [6.45, 7) is 5.50. The van der Waals surface area contributed by atoms with Crippen molar-refractivity contribution in [3.8, 4) is 0 Å². The fraction of sp³-hybridized carbons (Fsp3) is 0.600. The number of aliphatic hydroxyl groups excluding tert-OH is 1. The molecule has 1 aromatic carbocycles. The maximum Gasteiger partial charge on any atom is 0.0584 e. The summed E-state index contributed by atoms with van der Waals surface area (Å²) in [7, 11) is 0. The zero-order chi connectivity index (χ0) is 12.8. The minimum absolute atomic E-state index is 0.205. The van der Waals surface area contributed by atoms with Gasteiger partial charge in [-0.15, -0.1) is 0 Å². The maximum atomic E-state index is 9.21. The highest BCUT2D eigenvalue weighted by molar-refractivity contribution is 5.54. The van der Waals surface area contributed by atoms with Crippen molar-refractivity contribution in [3.05, 3.63) is 29.8 Å². The van der Waals surface area contributed by atoms with Crippen LogP contribution >= 0.6 is 0 Å². The van der Waals surface area contributed by atoms with Crippen LogP contribution in [0.5, 0.6) is 0 Å². The van der Waals surface area contributed by atoms with Gasteiger partial charge in [0.1, 0.15) is 0 Å². The third-order valence-electron chi connectivity index (χ3n) is 3.73. The zero-order valence-corrected chi connectivity index (χ0v) is 11.2. The van der Waals surface area contributed by atoms with Gasteiger partial charge in [0.2, 0.25) is 0 Å². The Bertz CT molecular complexity index is 357. The van der Waals surface area contributed by atoms with E-state index >= 15 is 0 Å². The highest BCUT2D eigenvalue weighted by atomic mass is 16.3. The predicted octanol–water partition coefficient (Wildman–Crippen LogP) is 2.15. The molecule has 1 aliphatic heterocycles. The first kappa shape index (κ1) is 13.4. The SMILES string of the molecule is CC[C@H](CO)NCc1ccccc1N1CCCC1. The molecule has 2 N–H and O–H groups in total. The van der Waals surface area contributed by atoms with E-state index in [0.29, 0.717) is 0 Å². The molecule has 0 unspecified atom stereocenters. The molecule has 0 saturated carbocycles. The molecule has 0 amide bonds. The second kappa shape index (κ2) is 6.76. The Hall–Kier alpha value is -1.06. The number of rotatable bonds is 6. The Morgan fingerprint density at radius 1 is 1.28 bits per heavy atom. The lowest BCUT2D eigenvalue weighted by Gasteiger charge is -2.22. The van der Waals surface area contributed by atoms with Crippen molar-refractivity contribution in [3.63, 3.8) is 0 Å². The Morgan fingerprint density at radius 3 is 2.67 bits per heavy atom. The highest BCUT2D eigenvalue weighted by Gasteiger charge is 2.15. The molecule has 3 nitrogen and oxygen atoms in total. The van der Waals surface area contributed by atoms with Crippen LogP contribution in [0.25, 0.3) is 0 Å². The van der Waals surface area contributed by atoms with E-state index in [9.17, 15) is 5.11 Å². The molecule has 0 aliphatic carbocycles. The summed E-state index contributed by atoms with van der Waals surface area (Å²) < 4.78 is 0. The largest absolute Gasteiger partial charge is 0.395 e. The minimum atomic E-state index is 0.205. The van der Waals surface area contributed by atoms with Crippen LogP contribution in [0, 0.1) is 0 Å². The summed E-state index contributed by atoms with van der Waals surface area (Å²) in [5, 5.41) is 12.6. The molecule has 3 heteroatoms. The van der Waals surface area contributed by atoms with Crippen LogP contribution in [0.1, 0.15) is 31.7 Å². The van der Waals surface area contributed by atoms with E-state index in [-0.39, 0.29) is 12.6 Å². The second-order valence-corrected chi connectivity index (χ2v) is 4.99. The van der Waals surface area contributed by atoms with Crippen LogP contribution in [0.4, 0.5) is 5.69 Å². The maximum absolute atomic E-state index is 9.21. The standard InChI is InChI=1S/C15H24N2O/c1-2-14(12-18)16-11-13-7-3-4-8-15(13)17-9-5-6-10-17/h3-4,7-8,14,16,18H,2,5-6,9-12H2,1H3/t14-/m1/s1. The fourth-order valence-electron chi connectivity index (χ4n) is 2.52. The van der Waals surface area contributed by atoms with Crippen LogP contribution in [0.15, 0.2) is 24.3 Å². The molecule has 2 rings (SSSR count). The number of para-hydroxylation sites is 1. The summed E-state index contributed by atoms with van der Waals surface area (Å²) in [6.07, 6.45) is 3.56. The molecular formula is C15H24N2O. The van der Waals surface area contributed by atoms with E-state index in [1.54, 1.807) is 0 Å². The monoisotopic (exact) mass is 248 g/mol. The van der Waals surface area contributed by atoms with Crippen molar-refractivity contribution in [1.82, 2.24) is 5.32 Å². The molecule has 1 heterocycles. The molecule has 0 bridgehead atoms. The van der Waals surface area contributed by atoms with E-state index in [4.69, 9.17) is 0 Å². The Morgan fingerprint density at radius 2 is 2.00 bits per heavy atom. The van der Waals surface area contributed by atoms with Gasteiger partial charge in [-0.1, -0.05) is 25.1 Å². The highest BCUT2D eigenvalue weighted by Crippen LogP contribution is 2.24. The van der Waals surface area contributed by atoms with Gasteiger partial charge in [-0.2, -0.15) is 0 Å². The van der Waals surface area contributed by atoms with Gasteiger partial charge in [0, 0.05) is 31.4 Å². The fourth-order valence-corrected chi connectivity index (χ4v) is 2.52. The Labute approximate surface area is 110 Å². The smallest absolute Gasteiger partial charge is 0.0584 e. The van der Waals surface area contributed by atoms with Crippen molar-refractivity contribution in [2.24, 2.45) is 0 Å². The normalized spacial score (nSPS) is 17.1. The first-order valence-electron chi connectivity index (χ1n) is 7.02. The lowest BCUT2D eigenvalue weighted by Crippen LogP contribution is -2.32. The number of hydrogen-bond acceptors (Lipinski definition) is 3. The lowest BCUT2D eigenvalue weighted by atomic mass is 10.1. The van der Waals surface area contributed by atoms with Gasteiger partial charge in [0.15, 0.2) is 0 Å². The first-order chi connectivity index (χ1) is 8.85. The Kier molecular flexibility index (Phi) is 5.02. The van der Waals surface area contributed by atoms with Crippen molar-refractivity contribution in [1.29, 1.82) is 0 Å². The zero-order valence-electron chi connectivity index (χ0n) is 11.2. The van der Waals surface area contributed by atoms with E-state index in [1.165, 1.54) is 37.2 Å². The van der Waals surface area contributed by atoms with Gasteiger partial charge >= 0.3 is 0 Å². The topological polar surface area (TPSA) is 35.5 Å². The van der Waals surface area contributed by atoms with Crippen LogP contribution in [-0.4, -0.2) is 30.8 Å². The summed E-state index contributed by atoms with van der Waals surface area (Å²) in [5.74, 6) is 0. The van der Waals surface area contributed by atoms with Crippen LogP contribution in [-0.2, 0) is 6.54 Å². The van der Waals surface area contributed by atoms with Crippen LogP contribution < -0.4 is 10.2 Å². The molecule has 0 aromatic heterocycles. The molecule has 0 spiro atoms. The summed E-state index contributed by atoms with van der Waals surface area (Å²) in [5.41, 5.74) is 2.70. The molecule has 18 heavy (non-hydrogen) atoms. The minimum Gasteiger partial charge on any atom is -0.395 e. The van der Waals surface area contributed by atoms with Crippen molar-refractivity contribution < 1.29 is 5.11 Å². The van der Waals surface area contributed by atoms with Crippen molar-refractivity contribution in [2.45, 2.75) is 38.8 Å². The predicted molar refractivity (Wildman–Crippen MR) is 75.9 cm³/mol. The first-order valence-corrected chi connectivity index (χ1v) is 7.02. The van der Waals surface area contributed by atoms with Gasteiger partial charge in [-0.05, 0) is 30.9 Å². The van der Waals surface area contributed by atoms with Crippen LogP contribution in [0.2, 0.25) is 0 Å². The second-order valence-electron chi connectivity index (χ2n) is 4.99. The molecule has 1 fully saturated rings. The van der Waals surface area contributed by atoms with E-state index in [2.05, 4.69) is 41.4 Å². The molecule has 1 saturated heterocycles. The average molecular weight is 248 g/mol. The third kappa shape index (κ3) is 3.24. The summed E-state index contributed by atoms with van der Waals surface area (Å²) >= 11 is 0. The number of nitrogens with one attached hydrogen (secondary N) is 1. The number of aliphatic hydroxyl groups is 1. The number of anilines is 1. The molecule has 1 atom stereocenters. The summed E-state index contributed by atoms with van der Waals surface area (Å²) in [4.78, 5) is 2.47. The van der Waals surface area contributed by atoms with E-state index < -0.39 is 0 Å². The molecular weight excluding hydrogens is 224 g/mol. The van der Waals surface area contributed by atoms with Gasteiger partial charge in [-0.25, -0.2) is 0 Å². The lowest BCUT2D eigenvalue weighted by molar-refractivity contribution is 0.238. The van der Waals surface area contributed by atoms with Crippen molar-refractivity contribution in [2.75, 3.05) is 24.6 Å². The van der Waals surface area contributed by atoms with Crippen molar-refractivity contribution >= 4 is 5.69 Å². The van der Waals surface area contributed by atoms with Gasteiger partial charge in [-0.3, -0.25) is 0 Å². The summed E-state index contributed by atoms with van der Waals surface area (Å²) in [6, 6.07) is 8.81. The van der Waals surface area contributed by atoms with Gasteiger partial charge in [0.25, 0.3) is 0 Å². The molecule has 0 radical (unpaired) electrons. The third-order valence-corrected chi connectivity index (χ3v) is 3.73.